The minimum Gasteiger partial charge on any atom is -0.381 e. The number of nitrogen functional groups attached to an aromatic ring is 1. The molecule has 0 aliphatic rings. The highest BCUT2D eigenvalue weighted by atomic mass is 19.1. The molecule has 0 aliphatic heterocycles. The van der Waals surface area contributed by atoms with Crippen LogP contribution in [0.5, 0.6) is 0 Å². The third kappa shape index (κ3) is 2.36. The van der Waals surface area contributed by atoms with Gasteiger partial charge in [0.15, 0.2) is 11.6 Å². The molecule has 0 saturated heterocycles. The first-order valence-corrected chi connectivity index (χ1v) is 4.71. The molecule has 88 valence electrons. The normalized spacial score (nSPS) is 10.2. The van der Waals surface area contributed by atoms with Gasteiger partial charge in [0.1, 0.15) is 12.2 Å². The SMILES string of the molecule is Nc1nccc(C(=O)NCc2ncn[nH]2)c1F. The van der Waals surface area contributed by atoms with Crippen molar-refractivity contribution in [2.45, 2.75) is 6.54 Å². The molecule has 7 nitrogen and oxygen atoms in total. The molecule has 2 aromatic heterocycles. The van der Waals surface area contributed by atoms with Gasteiger partial charge in [0.25, 0.3) is 5.91 Å². The number of carbonyl (C=O) groups excluding carboxylic acids is 1. The predicted octanol–water partition coefficient (Wildman–Crippen LogP) is -0.149. The topological polar surface area (TPSA) is 110 Å². The second-order valence-electron chi connectivity index (χ2n) is 3.17. The number of halogens is 1. The number of amides is 1. The van der Waals surface area contributed by atoms with Crippen molar-refractivity contribution >= 4 is 11.7 Å². The van der Waals surface area contributed by atoms with Crippen molar-refractivity contribution in [2.75, 3.05) is 5.73 Å². The molecule has 0 atom stereocenters. The molecule has 2 rings (SSSR count). The first-order valence-electron chi connectivity index (χ1n) is 4.71. The summed E-state index contributed by atoms with van der Waals surface area (Å²) in [6.07, 6.45) is 2.58. The van der Waals surface area contributed by atoms with E-state index in [1.807, 2.05) is 0 Å². The number of nitrogens with one attached hydrogen (secondary N) is 2. The van der Waals surface area contributed by atoms with Crippen LogP contribution < -0.4 is 11.1 Å². The summed E-state index contributed by atoms with van der Waals surface area (Å²) >= 11 is 0. The van der Waals surface area contributed by atoms with Gasteiger partial charge in [-0.05, 0) is 6.07 Å². The fourth-order valence-electron chi connectivity index (χ4n) is 1.21. The van der Waals surface area contributed by atoms with Crippen LogP contribution in [0.25, 0.3) is 0 Å². The number of nitrogens with zero attached hydrogens (tertiary/aromatic N) is 3. The van der Waals surface area contributed by atoms with Gasteiger partial charge in [-0.1, -0.05) is 0 Å². The Kier molecular flexibility index (Phi) is 2.95. The average Bonchev–Trinajstić information content (AvgIpc) is 2.82. The Bertz CT molecular complexity index is 526. The number of rotatable bonds is 3. The standard InChI is InChI=1S/C9H9FN6O/c10-7-5(1-2-12-8(7)11)9(17)13-3-6-14-4-15-16-6/h1-2,4H,3H2,(H2,11,12)(H,13,17)(H,14,15,16). The van der Waals surface area contributed by atoms with E-state index in [0.29, 0.717) is 5.82 Å². The summed E-state index contributed by atoms with van der Waals surface area (Å²) in [6, 6.07) is 1.25. The van der Waals surface area contributed by atoms with E-state index in [0.717, 1.165) is 0 Å². The Hall–Kier alpha value is -2.51. The molecule has 8 heteroatoms. The molecule has 0 saturated carbocycles. The smallest absolute Gasteiger partial charge is 0.254 e. The molecule has 17 heavy (non-hydrogen) atoms. The van der Waals surface area contributed by atoms with Gasteiger partial charge >= 0.3 is 0 Å². The van der Waals surface area contributed by atoms with Crippen LogP contribution in [0.2, 0.25) is 0 Å². The highest BCUT2D eigenvalue weighted by Gasteiger charge is 2.14. The third-order valence-electron chi connectivity index (χ3n) is 2.04. The van der Waals surface area contributed by atoms with Gasteiger partial charge in [-0.3, -0.25) is 9.89 Å². The first-order chi connectivity index (χ1) is 8.18. The quantitative estimate of drug-likeness (QED) is 0.686. The van der Waals surface area contributed by atoms with Crippen molar-refractivity contribution in [1.29, 1.82) is 0 Å². The summed E-state index contributed by atoms with van der Waals surface area (Å²) in [5.74, 6) is -1.26. The molecule has 1 amide bonds. The maximum atomic E-state index is 13.4. The molecule has 4 N–H and O–H groups in total. The maximum Gasteiger partial charge on any atom is 0.254 e. The number of aromatic amines is 1. The summed E-state index contributed by atoms with van der Waals surface area (Å²) in [6.45, 7) is 0.125. The zero-order valence-electron chi connectivity index (χ0n) is 8.64. The summed E-state index contributed by atoms with van der Waals surface area (Å²) in [5, 5.41) is 8.65. The fourth-order valence-corrected chi connectivity index (χ4v) is 1.21. The molecule has 0 spiro atoms. The van der Waals surface area contributed by atoms with Gasteiger partial charge in [-0.15, -0.1) is 0 Å². The lowest BCUT2D eigenvalue weighted by Gasteiger charge is -2.05. The summed E-state index contributed by atoms with van der Waals surface area (Å²) in [4.78, 5) is 19.0. The molecule has 0 fully saturated rings. The summed E-state index contributed by atoms with van der Waals surface area (Å²) < 4.78 is 13.4. The lowest BCUT2D eigenvalue weighted by molar-refractivity contribution is 0.0946. The average molecular weight is 236 g/mol. The largest absolute Gasteiger partial charge is 0.381 e. The van der Waals surface area contributed by atoms with Crippen LogP contribution in [-0.2, 0) is 6.54 Å². The Morgan fingerprint density at radius 3 is 3.06 bits per heavy atom. The van der Waals surface area contributed by atoms with E-state index in [4.69, 9.17) is 5.73 Å². The molecule has 0 aliphatic carbocycles. The first kappa shape index (κ1) is 11.0. The van der Waals surface area contributed by atoms with Crippen molar-refractivity contribution in [3.63, 3.8) is 0 Å². The van der Waals surface area contributed by atoms with Crippen LogP contribution in [0.3, 0.4) is 0 Å². The predicted molar refractivity (Wildman–Crippen MR) is 56.2 cm³/mol. The monoisotopic (exact) mass is 236 g/mol. The fraction of sp³-hybridized carbons (Fsp3) is 0.111. The molecule has 0 aromatic carbocycles. The van der Waals surface area contributed by atoms with Crippen molar-refractivity contribution in [2.24, 2.45) is 0 Å². The number of nitrogens with two attached hydrogens (primary N) is 1. The highest BCUT2D eigenvalue weighted by Crippen LogP contribution is 2.11. The van der Waals surface area contributed by atoms with Gasteiger partial charge in [0, 0.05) is 6.20 Å². The third-order valence-corrected chi connectivity index (χ3v) is 2.04. The molecular weight excluding hydrogens is 227 g/mol. The number of aromatic nitrogens is 4. The van der Waals surface area contributed by atoms with Crippen LogP contribution in [0, 0.1) is 5.82 Å². The highest BCUT2D eigenvalue weighted by molar-refractivity contribution is 5.94. The van der Waals surface area contributed by atoms with E-state index in [9.17, 15) is 9.18 Å². The number of H-pyrrole nitrogens is 1. The van der Waals surface area contributed by atoms with Crippen molar-refractivity contribution < 1.29 is 9.18 Å². The van der Waals surface area contributed by atoms with Gasteiger partial charge in [-0.25, -0.2) is 14.4 Å². The van der Waals surface area contributed by atoms with Crippen LogP contribution in [-0.4, -0.2) is 26.1 Å². The zero-order chi connectivity index (χ0) is 12.3. The van der Waals surface area contributed by atoms with E-state index in [1.54, 1.807) is 0 Å². The maximum absolute atomic E-state index is 13.4. The minimum absolute atomic E-state index is 0.125. The van der Waals surface area contributed by atoms with Crippen LogP contribution in [0.1, 0.15) is 16.2 Å². The summed E-state index contributed by atoms with van der Waals surface area (Å²) in [7, 11) is 0. The number of anilines is 1. The van der Waals surface area contributed by atoms with E-state index >= 15 is 0 Å². The lowest BCUT2D eigenvalue weighted by Crippen LogP contribution is -2.25. The van der Waals surface area contributed by atoms with E-state index in [2.05, 4.69) is 25.5 Å². The van der Waals surface area contributed by atoms with Crippen LogP contribution in [0.15, 0.2) is 18.6 Å². The molecule has 0 unspecified atom stereocenters. The van der Waals surface area contributed by atoms with Crippen molar-refractivity contribution in [3.05, 3.63) is 35.8 Å². The van der Waals surface area contributed by atoms with Crippen molar-refractivity contribution in [1.82, 2.24) is 25.5 Å². The van der Waals surface area contributed by atoms with E-state index in [1.165, 1.54) is 18.6 Å². The number of hydrogen-bond donors (Lipinski definition) is 3. The molecule has 0 radical (unpaired) electrons. The van der Waals surface area contributed by atoms with Gasteiger partial charge in [-0.2, -0.15) is 5.10 Å². The molecular formula is C9H9FN6O. The van der Waals surface area contributed by atoms with Crippen LogP contribution >= 0.6 is 0 Å². The number of carbonyl (C=O) groups is 1. The van der Waals surface area contributed by atoms with Crippen molar-refractivity contribution in [3.8, 4) is 0 Å². The Morgan fingerprint density at radius 2 is 2.35 bits per heavy atom. The second kappa shape index (κ2) is 4.56. The van der Waals surface area contributed by atoms with Gasteiger partial charge in [0.2, 0.25) is 0 Å². The Balaban J connectivity index is 2.07. The Labute approximate surface area is 95.3 Å². The van der Waals surface area contributed by atoms with E-state index in [-0.39, 0.29) is 17.9 Å². The van der Waals surface area contributed by atoms with Crippen LogP contribution in [0.4, 0.5) is 10.2 Å². The minimum atomic E-state index is -0.831. The lowest BCUT2D eigenvalue weighted by atomic mass is 10.2. The molecule has 2 aromatic rings. The summed E-state index contributed by atoms with van der Waals surface area (Å²) in [5.41, 5.74) is 5.10. The molecule has 0 bridgehead atoms. The van der Waals surface area contributed by atoms with E-state index < -0.39 is 11.7 Å². The second-order valence-corrected chi connectivity index (χ2v) is 3.17. The zero-order valence-corrected chi connectivity index (χ0v) is 8.64. The molecule has 2 heterocycles. The Morgan fingerprint density at radius 1 is 1.53 bits per heavy atom. The number of hydrogen-bond acceptors (Lipinski definition) is 5. The van der Waals surface area contributed by atoms with Gasteiger partial charge in [0.05, 0.1) is 12.1 Å². The van der Waals surface area contributed by atoms with Gasteiger partial charge < -0.3 is 11.1 Å². The number of pyridine rings is 1.